The van der Waals surface area contributed by atoms with Gasteiger partial charge in [-0.2, -0.15) is 0 Å². The summed E-state index contributed by atoms with van der Waals surface area (Å²) in [6, 6.07) is 2.56. The lowest BCUT2D eigenvalue weighted by Gasteiger charge is -2.35. The number of aromatic nitrogens is 4. The first-order chi connectivity index (χ1) is 15.7. The van der Waals surface area contributed by atoms with E-state index in [2.05, 4.69) is 36.0 Å². The van der Waals surface area contributed by atoms with Crippen LogP contribution in [0, 0.1) is 5.92 Å². The molecule has 2 aliphatic heterocycles. The Hall–Kier alpha value is -2.17. The van der Waals surface area contributed by atoms with Crippen LogP contribution < -0.4 is 25.4 Å². The van der Waals surface area contributed by atoms with Gasteiger partial charge in [0.05, 0.1) is 5.56 Å². The first-order valence-electron chi connectivity index (χ1n) is 10.8. The van der Waals surface area contributed by atoms with Gasteiger partial charge < -0.3 is 15.5 Å². The number of hydrogen-bond donors (Lipinski definition) is 5. The third-order valence-electron chi connectivity index (χ3n) is 6.09. The normalized spacial score (nSPS) is 20.4. The van der Waals surface area contributed by atoms with Gasteiger partial charge in [0.2, 0.25) is 20.0 Å². The van der Waals surface area contributed by atoms with Crippen LogP contribution in [-0.2, 0) is 20.0 Å². The molecule has 15 heteroatoms. The van der Waals surface area contributed by atoms with E-state index in [-0.39, 0.29) is 17.4 Å². The lowest BCUT2D eigenvalue weighted by atomic mass is 9.96. The smallest absolute Gasteiger partial charge is 0.242 e. The van der Waals surface area contributed by atoms with Crippen molar-refractivity contribution >= 4 is 25.7 Å². The van der Waals surface area contributed by atoms with Gasteiger partial charge in [0.15, 0.2) is 5.82 Å². The number of H-pyrrole nitrogens is 1. The molecule has 0 unspecified atom stereocenters. The standard InChI is InChI=1S/C18H29N9O4S2/c1-20-10-12-5-8-27(9-6-12)14-2-3-15(33(30,31)24-13-4-7-21-11-13)17(32(19,28)29)16(14)18-22-25-26-23-18/h2-3,12-13,20-21,24H,4-11H2,1H3,(H2,19,28,29)(H,22,23,25,26)/t13-/m1/s1. The average Bonchev–Trinajstić information content (AvgIpc) is 3.47. The number of primary sulfonamides is 1. The summed E-state index contributed by atoms with van der Waals surface area (Å²) in [4.78, 5) is 1.08. The Morgan fingerprint density at radius 1 is 1.18 bits per heavy atom. The number of hydrogen-bond acceptors (Lipinski definition) is 10. The molecule has 3 heterocycles. The number of aromatic amines is 1. The first kappa shape index (κ1) is 24.0. The van der Waals surface area contributed by atoms with Gasteiger partial charge in [-0.15, -0.1) is 5.10 Å². The van der Waals surface area contributed by atoms with Gasteiger partial charge in [-0.3, -0.25) is 0 Å². The maximum atomic E-state index is 13.2. The molecule has 0 amide bonds. The van der Waals surface area contributed by atoms with Crippen molar-refractivity contribution in [2.45, 2.75) is 35.1 Å². The number of rotatable bonds is 8. The first-order valence-corrected chi connectivity index (χ1v) is 13.8. The molecule has 2 fully saturated rings. The van der Waals surface area contributed by atoms with Gasteiger partial charge in [0, 0.05) is 31.4 Å². The third kappa shape index (κ3) is 5.17. The molecule has 33 heavy (non-hydrogen) atoms. The van der Waals surface area contributed by atoms with Crippen LogP contribution in [0.1, 0.15) is 19.3 Å². The number of tetrazole rings is 1. The van der Waals surface area contributed by atoms with E-state index in [9.17, 15) is 16.8 Å². The molecule has 1 atom stereocenters. The highest BCUT2D eigenvalue weighted by atomic mass is 32.2. The maximum absolute atomic E-state index is 13.2. The summed E-state index contributed by atoms with van der Waals surface area (Å²) in [6.45, 7) is 3.37. The molecule has 13 nitrogen and oxygen atoms in total. The van der Waals surface area contributed by atoms with Crippen LogP contribution in [0.2, 0.25) is 0 Å². The van der Waals surface area contributed by atoms with Crippen LogP contribution in [0.15, 0.2) is 21.9 Å². The summed E-state index contributed by atoms with van der Waals surface area (Å²) in [6.07, 6.45) is 2.40. The zero-order chi connectivity index (χ0) is 23.6. The Balaban J connectivity index is 1.83. The van der Waals surface area contributed by atoms with Crippen molar-refractivity contribution in [3.05, 3.63) is 12.1 Å². The van der Waals surface area contributed by atoms with Crippen molar-refractivity contribution in [3.8, 4) is 11.4 Å². The summed E-state index contributed by atoms with van der Waals surface area (Å²) in [5.41, 5.74) is 0.573. The van der Waals surface area contributed by atoms with Gasteiger partial charge in [0.1, 0.15) is 9.79 Å². The van der Waals surface area contributed by atoms with Gasteiger partial charge in [-0.1, -0.05) is 0 Å². The highest BCUT2D eigenvalue weighted by Crippen LogP contribution is 2.39. The Morgan fingerprint density at radius 3 is 2.52 bits per heavy atom. The second-order valence-electron chi connectivity index (χ2n) is 8.38. The van der Waals surface area contributed by atoms with Gasteiger partial charge >= 0.3 is 0 Å². The minimum absolute atomic E-state index is 0.0333. The van der Waals surface area contributed by atoms with Crippen LogP contribution in [0.25, 0.3) is 11.4 Å². The number of benzene rings is 1. The Morgan fingerprint density at radius 2 is 1.94 bits per heavy atom. The van der Waals surface area contributed by atoms with Crippen molar-refractivity contribution < 1.29 is 16.8 Å². The van der Waals surface area contributed by atoms with Crippen LogP contribution in [0.5, 0.6) is 0 Å². The maximum Gasteiger partial charge on any atom is 0.242 e. The van der Waals surface area contributed by atoms with E-state index in [1.807, 2.05) is 11.9 Å². The lowest BCUT2D eigenvalue weighted by molar-refractivity contribution is 0.393. The molecule has 2 aliphatic rings. The van der Waals surface area contributed by atoms with Crippen LogP contribution in [0.3, 0.4) is 0 Å². The molecule has 6 N–H and O–H groups in total. The van der Waals surface area contributed by atoms with E-state index in [0.717, 1.165) is 19.4 Å². The second kappa shape index (κ2) is 9.60. The molecule has 0 bridgehead atoms. The fourth-order valence-electron chi connectivity index (χ4n) is 4.51. The average molecular weight is 500 g/mol. The number of piperidine rings is 1. The van der Waals surface area contributed by atoms with E-state index in [1.165, 1.54) is 6.07 Å². The molecule has 1 aromatic carbocycles. The Kier molecular flexibility index (Phi) is 6.97. The van der Waals surface area contributed by atoms with E-state index >= 15 is 0 Å². The molecule has 2 saturated heterocycles. The van der Waals surface area contributed by atoms with Crippen molar-refractivity contribution in [2.75, 3.05) is 44.7 Å². The molecule has 4 rings (SSSR count). The predicted molar refractivity (Wildman–Crippen MR) is 121 cm³/mol. The number of anilines is 1. The quantitative estimate of drug-likeness (QED) is 0.289. The van der Waals surface area contributed by atoms with Crippen LogP contribution in [-0.4, -0.2) is 83.3 Å². The minimum Gasteiger partial charge on any atom is -0.371 e. The van der Waals surface area contributed by atoms with Crippen molar-refractivity contribution in [3.63, 3.8) is 0 Å². The Labute approximate surface area is 193 Å². The van der Waals surface area contributed by atoms with Gasteiger partial charge in [0.25, 0.3) is 0 Å². The zero-order valence-corrected chi connectivity index (χ0v) is 19.9. The van der Waals surface area contributed by atoms with Crippen molar-refractivity contribution in [2.24, 2.45) is 11.1 Å². The highest BCUT2D eigenvalue weighted by molar-refractivity contribution is 7.92. The number of sulfonamides is 2. The lowest BCUT2D eigenvalue weighted by Crippen LogP contribution is -2.38. The molecular formula is C18H29N9O4S2. The van der Waals surface area contributed by atoms with Gasteiger partial charge in [-0.25, -0.2) is 31.8 Å². The van der Waals surface area contributed by atoms with Crippen molar-refractivity contribution in [1.82, 2.24) is 36.0 Å². The van der Waals surface area contributed by atoms with E-state index in [4.69, 9.17) is 5.14 Å². The monoisotopic (exact) mass is 499 g/mol. The third-order valence-corrected chi connectivity index (χ3v) is 8.77. The molecule has 182 valence electrons. The van der Waals surface area contributed by atoms with E-state index < -0.39 is 29.8 Å². The fourth-order valence-corrected chi connectivity index (χ4v) is 7.38. The van der Waals surface area contributed by atoms with Gasteiger partial charge in [-0.05, 0) is 67.9 Å². The Bertz CT molecular complexity index is 1170. The predicted octanol–water partition coefficient (Wildman–Crippen LogP) is -1.41. The summed E-state index contributed by atoms with van der Waals surface area (Å²) >= 11 is 0. The number of nitrogens with zero attached hydrogens (tertiary/aromatic N) is 4. The minimum atomic E-state index is -4.47. The number of nitrogens with one attached hydrogen (secondary N) is 4. The fraction of sp³-hybridized carbons (Fsp3) is 0.611. The number of nitrogens with two attached hydrogens (primary N) is 1. The largest absolute Gasteiger partial charge is 0.371 e. The highest BCUT2D eigenvalue weighted by Gasteiger charge is 2.34. The summed E-state index contributed by atoms with van der Waals surface area (Å²) in [5, 5.41) is 25.4. The SMILES string of the molecule is CNCC1CCN(c2ccc(S(=O)(=O)N[C@@H]3CCNC3)c(S(N)(=O)=O)c2-c2nnn[nH]2)CC1. The summed E-state index contributed by atoms with van der Waals surface area (Å²) < 4.78 is 54.6. The van der Waals surface area contributed by atoms with Crippen LogP contribution >= 0.6 is 0 Å². The molecule has 1 aromatic heterocycles. The van der Waals surface area contributed by atoms with Crippen molar-refractivity contribution in [1.29, 1.82) is 0 Å². The van der Waals surface area contributed by atoms with E-state index in [1.54, 1.807) is 6.07 Å². The topological polar surface area (TPSA) is 188 Å². The summed E-state index contributed by atoms with van der Waals surface area (Å²) in [7, 11) is -6.76. The molecular weight excluding hydrogens is 470 g/mol. The molecule has 0 aliphatic carbocycles. The van der Waals surface area contributed by atoms with E-state index in [0.29, 0.717) is 44.2 Å². The zero-order valence-electron chi connectivity index (χ0n) is 18.3. The molecule has 0 radical (unpaired) electrons. The molecule has 2 aromatic rings. The molecule has 0 spiro atoms. The second-order valence-corrected chi connectivity index (χ2v) is 11.6. The van der Waals surface area contributed by atoms with Crippen LogP contribution in [0.4, 0.5) is 5.69 Å². The summed E-state index contributed by atoms with van der Waals surface area (Å²) in [5.74, 6) is 0.536. The molecule has 0 saturated carbocycles.